The highest BCUT2D eigenvalue weighted by Gasteiger charge is 2.37. The molecule has 3 heteroatoms. The van der Waals surface area contributed by atoms with Crippen molar-refractivity contribution in [3.05, 3.63) is 23.3 Å². The van der Waals surface area contributed by atoms with E-state index in [1.807, 2.05) is 6.08 Å². The molecule has 0 heterocycles. The van der Waals surface area contributed by atoms with Crippen LogP contribution < -0.4 is 0 Å². The normalized spacial score (nSPS) is 29.0. The van der Waals surface area contributed by atoms with E-state index in [4.69, 9.17) is 4.74 Å². The third-order valence-corrected chi connectivity index (χ3v) is 3.60. The van der Waals surface area contributed by atoms with Crippen molar-refractivity contribution in [2.24, 2.45) is 11.8 Å². The lowest BCUT2D eigenvalue weighted by molar-refractivity contribution is -0.137. The molecule has 0 unspecified atom stereocenters. The summed E-state index contributed by atoms with van der Waals surface area (Å²) in [5.74, 6) is 0.342. The Morgan fingerprint density at radius 1 is 1.38 bits per heavy atom. The van der Waals surface area contributed by atoms with Crippen LogP contribution in [0.15, 0.2) is 23.3 Å². The van der Waals surface area contributed by atoms with E-state index < -0.39 is 0 Å². The number of fused-ring (bicyclic) bond motifs is 1. The Labute approximate surface area is 95.2 Å². The van der Waals surface area contributed by atoms with Crippen molar-refractivity contribution in [1.29, 1.82) is 0 Å². The summed E-state index contributed by atoms with van der Waals surface area (Å²) in [5, 5.41) is 0. The van der Waals surface area contributed by atoms with E-state index in [1.54, 1.807) is 6.08 Å². The molecular weight excluding hydrogens is 204 g/mol. The van der Waals surface area contributed by atoms with Gasteiger partial charge in [0.15, 0.2) is 0 Å². The second-order valence-electron chi connectivity index (χ2n) is 4.52. The maximum absolute atomic E-state index is 11.6. The van der Waals surface area contributed by atoms with E-state index >= 15 is 0 Å². The lowest BCUT2D eigenvalue weighted by Crippen LogP contribution is -2.32. The van der Waals surface area contributed by atoms with E-state index in [-0.39, 0.29) is 17.7 Å². The first kappa shape index (κ1) is 11.1. The standard InChI is InChI=1S/C13H16O3/c1-8-3-5-11(13(15)16-2)12-7-9(14)4-6-10(8)12/h3,5,10,12H,4,6-7H2,1-2H3/t10-,12-/m1/s1. The topological polar surface area (TPSA) is 43.4 Å². The van der Waals surface area contributed by atoms with E-state index in [9.17, 15) is 9.59 Å². The minimum atomic E-state index is -0.298. The molecule has 0 aromatic carbocycles. The molecule has 0 saturated heterocycles. The number of hydrogen-bond acceptors (Lipinski definition) is 3. The second-order valence-corrected chi connectivity index (χ2v) is 4.52. The molecule has 2 rings (SSSR count). The predicted molar refractivity (Wildman–Crippen MR) is 59.7 cm³/mol. The molecule has 0 spiro atoms. The van der Waals surface area contributed by atoms with E-state index in [2.05, 4.69) is 6.92 Å². The molecule has 0 bridgehead atoms. The molecule has 0 amide bonds. The summed E-state index contributed by atoms with van der Waals surface area (Å²) in [5.41, 5.74) is 1.93. The zero-order chi connectivity index (χ0) is 11.7. The fraction of sp³-hybridized carbons (Fsp3) is 0.538. The monoisotopic (exact) mass is 220 g/mol. The Balaban J connectivity index is 2.30. The summed E-state index contributed by atoms with van der Waals surface area (Å²) in [6.07, 6.45) is 5.77. The molecule has 16 heavy (non-hydrogen) atoms. The van der Waals surface area contributed by atoms with Crippen molar-refractivity contribution >= 4 is 11.8 Å². The van der Waals surface area contributed by atoms with Crippen molar-refractivity contribution in [2.75, 3.05) is 7.11 Å². The van der Waals surface area contributed by atoms with Gasteiger partial charge >= 0.3 is 5.97 Å². The molecule has 0 aromatic rings. The van der Waals surface area contributed by atoms with Gasteiger partial charge in [-0.05, 0) is 19.3 Å². The van der Waals surface area contributed by atoms with Gasteiger partial charge in [0.2, 0.25) is 0 Å². The molecule has 3 nitrogen and oxygen atoms in total. The first-order valence-electron chi connectivity index (χ1n) is 5.62. The van der Waals surface area contributed by atoms with Crippen LogP contribution in [0.5, 0.6) is 0 Å². The number of allylic oxidation sites excluding steroid dienone is 3. The van der Waals surface area contributed by atoms with Gasteiger partial charge < -0.3 is 4.74 Å². The number of rotatable bonds is 1. The minimum Gasteiger partial charge on any atom is -0.466 e. The van der Waals surface area contributed by atoms with Crippen LogP contribution in [0.1, 0.15) is 26.2 Å². The van der Waals surface area contributed by atoms with Crippen LogP contribution in [0.2, 0.25) is 0 Å². The second kappa shape index (κ2) is 4.24. The van der Waals surface area contributed by atoms with Crippen molar-refractivity contribution in [2.45, 2.75) is 26.2 Å². The Morgan fingerprint density at radius 3 is 2.81 bits per heavy atom. The van der Waals surface area contributed by atoms with Crippen LogP contribution in [0.4, 0.5) is 0 Å². The van der Waals surface area contributed by atoms with Gasteiger partial charge in [-0.3, -0.25) is 4.79 Å². The summed E-state index contributed by atoms with van der Waals surface area (Å²) in [6, 6.07) is 0. The molecule has 1 fully saturated rings. The fourth-order valence-electron chi connectivity index (χ4n) is 2.68. The number of ketones is 1. The number of methoxy groups -OCH3 is 1. The lowest BCUT2D eigenvalue weighted by Gasteiger charge is -2.34. The summed E-state index contributed by atoms with van der Waals surface area (Å²) in [4.78, 5) is 23.1. The van der Waals surface area contributed by atoms with Crippen LogP contribution in [0.25, 0.3) is 0 Å². The Kier molecular flexibility index (Phi) is 2.95. The highest BCUT2D eigenvalue weighted by Crippen LogP contribution is 2.40. The molecule has 0 radical (unpaired) electrons. The van der Waals surface area contributed by atoms with Gasteiger partial charge in [0.05, 0.1) is 7.11 Å². The number of carbonyl (C=O) groups is 2. The average Bonchev–Trinajstić information content (AvgIpc) is 2.28. The maximum Gasteiger partial charge on any atom is 0.334 e. The molecule has 0 aromatic heterocycles. The number of Topliss-reactive ketones (excluding diaryl/α,β-unsaturated/α-hetero) is 1. The highest BCUT2D eigenvalue weighted by molar-refractivity contribution is 5.92. The van der Waals surface area contributed by atoms with Gasteiger partial charge in [-0.1, -0.05) is 17.7 Å². The SMILES string of the molecule is COC(=O)C1=CC=C(C)[C@H]2CCC(=O)C[C@@H]12. The number of hydrogen-bond donors (Lipinski definition) is 0. The van der Waals surface area contributed by atoms with Crippen LogP contribution in [0, 0.1) is 11.8 Å². The summed E-state index contributed by atoms with van der Waals surface area (Å²) < 4.78 is 4.76. The van der Waals surface area contributed by atoms with E-state index in [0.717, 1.165) is 6.42 Å². The van der Waals surface area contributed by atoms with Crippen molar-refractivity contribution in [3.8, 4) is 0 Å². The van der Waals surface area contributed by atoms with Gasteiger partial charge in [0.25, 0.3) is 0 Å². The summed E-state index contributed by atoms with van der Waals surface area (Å²) in [7, 11) is 1.38. The number of esters is 1. The number of carbonyl (C=O) groups excluding carboxylic acids is 2. The molecular formula is C13H16O3. The van der Waals surface area contributed by atoms with Gasteiger partial charge in [-0.15, -0.1) is 0 Å². The smallest absolute Gasteiger partial charge is 0.334 e. The Bertz CT molecular complexity index is 390. The maximum atomic E-state index is 11.6. The van der Waals surface area contributed by atoms with Crippen LogP contribution in [0.3, 0.4) is 0 Å². The van der Waals surface area contributed by atoms with Gasteiger partial charge in [-0.25, -0.2) is 4.79 Å². The third kappa shape index (κ3) is 1.82. The van der Waals surface area contributed by atoms with Crippen LogP contribution in [-0.4, -0.2) is 18.9 Å². The van der Waals surface area contributed by atoms with Crippen LogP contribution in [-0.2, 0) is 14.3 Å². The van der Waals surface area contributed by atoms with Crippen molar-refractivity contribution < 1.29 is 14.3 Å². The summed E-state index contributed by atoms with van der Waals surface area (Å²) >= 11 is 0. The quantitative estimate of drug-likeness (QED) is 0.635. The molecule has 0 N–H and O–H groups in total. The zero-order valence-electron chi connectivity index (χ0n) is 9.66. The molecule has 1 saturated carbocycles. The molecule has 86 valence electrons. The highest BCUT2D eigenvalue weighted by atomic mass is 16.5. The van der Waals surface area contributed by atoms with Crippen molar-refractivity contribution in [3.63, 3.8) is 0 Å². The largest absolute Gasteiger partial charge is 0.466 e. The first-order valence-corrected chi connectivity index (χ1v) is 5.62. The number of ether oxygens (including phenoxy) is 1. The average molecular weight is 220 g/mol. The zero-order valence-corrected chi connectivity index (χ0v) is 9.66. The van der Waals surface area contributed by atoms with Crippen molar-refractivity contribution in [1.82, 2.24) is 0 Å². The molecule has 0 aliphatic heterocycles. The third-order valence-electron chi connectivity index (χ3n) is 3.60. The molecule has 2 aliphatic rings. The van der Waals surface area contributed by atoms with Gasteiger partial charge in [0, 0.05) is 24.3 Å². The Morgan fingerprint density at radius 2 is 2.12 bits per heavy atom. The van der Waals surface area contributed by atoms with Crippen LogP contribution >= 0.6 is 0 Å². The van der Waals surface area contributed by atoms with E-state index in [1.165, 1.54) is 12.7 Å². The Hall–Kier alpha value is -1.38. The first-order chi connectivity index (χ1) is 7.63. The minimum absolute atomic E-state index is 0.0405. The summed E-state index contributed by atoms with van der Waals surface area (Å²) in [6.45, 7) is 2.07. The van der Waals surface area contributed by atoms with Gasteiger partial charge in [0.1, 0.15) is 5.78 Å². The lowest BCUT2D eigenvalue weighted by atomic mass is 9.69. The fourth-order valence-corrected chi connectivity index (χ4v) is 2.68. The van der Waals surface area contributed by atoms with E-state index in [0.29, 0.717) is 24.3 Å². The van der Waals surface area contributed by atoms with Gasteiger partial charge in [-0.2, -0.15) is 0 Å². The molecule has 2 aliphatic carbocycles. The predicted octanol–water partition coefficient (Wildman–Crippen LogP) is 2.03. The molecule has 2 atom stereocenters.